The third-order valence-corrected chi connectivity index (χ3v) is 6.23. The zero-order chi connectivity index (χ0) is 20.1. The molecule has 0 radical (unpaired) electrons. The number of carbonyl (C=O) groups excluding carboxylic acids is 1. The van der Waals surface area contributed by atoms with Crippen LogP contribution in [0, 0.1) is 0 Å². The molecule has 1 heterocycles. The lowest BCUT2D eigenvalue weighted by Crippen LogP contribution is -2.42. The fraction of sp³-hybridized carbons (Fsp3) is 0.316. The van der Waals surface area contributed by atoms with Gasteiger partial charge in [-0.3, -0.25) is 4.79 Å². The molecular formula is C19H21BrN2O5S. The van der Waals surface area contributed by atoms with E-state index in [4.69, 9.17) is 9.47 Å². The SMILES string of the molecule is CN(CC1COc2ccccc2O1)C(=O)CCNS(=O)(=O)c1ccc(Br)cc1. The van der Waals surface area contributed by atoms with E-state index in [9.17, 15) is 13.2 Å². The fourth-order valence-electron chi connectivity index (χ4n) is 2.74. The van der Waals surface area contributed by atoms with Crippen molar-refractivity contribution in [1.29, 1.82) is 0 Å². The van der Waals surface area contributed by atoms with Crippen molar-refractivity contribution in [3.8, 4) is 11.5 Å². The van der Waals surface area contributed by atoms with E-state index in [1.54, 1.807) is 19.2 Å². The summed E-state index contributed by atoms with van der Waals surface area (Å²) in [7, 11) is -1.98. The highest BCUT2D eigenvalue weighted by molar-refractivity contribution is 9.10. The van der Waals surface area contributed by atoms with Crippen LogP contribution in [0.4, 0.5) is 0 Å². The Morgan fingerprint density at radius 3 is 2.57 bits per heavy atom. The predicted molar refractivity (Wildman–Crippen MR) is 108 cm³/mol. The van der Waals surface area contributed by atoms with Crippen molar-refractivity contribution in [2.75, 3.05) is 26.7 Å². The van der Waals surface area contributed by atoms with Gasteiger partial charge in [0.05, 0.1) is 11.4 Å². The van der Waals surface area contributed by atoms with Crippen molar-refractivity contribution in [2.45, 2.75) is 17.4 Å². The number of fused-ring (bicyclic) bond motifs is 1. The van der Waals surface area contributed by atoms with Crippen molar-refractivity contribution in [3.63, 3.8) is 0 Å². The molecule has 0 saturated heterocycles. The molecule has 1 N–H and O–H groups in total. The molecule has 1 aliphatic heterocycles. The van der Waals surface area contributed by atoms with Gasteiger partial charge in [-0.1, -0.05) is 28.1 Å². The van der Waals surface area contributed by atoms with E-state index in [-0.39, 0.29) is 29.9 Å². The topological polar surface area (TPSA) is 84.9 Å². The predicted octanol–water partition coefficient (Wildman–Crippen LogP) is 2.42. The number of para-hydroxylation sites is 2. The van der Waals surface area contributed by atoms with E-state index in [0.717, 1.165) is 4.47 Å². The van der Waals surface area contributed by atoms with E-state index < -0.39 is 10.0 Å². The van der Waals surface area contributed by atoms with Gasteiger partial charge in [-0.2, -0.15) is 0 Å². The smallest absolute Gasteiger partial charge is 0.240 e. The van der Waals surface area contributed by atoms with Gasteiger partial charge in [-0.05, 0) is 36.4 Å². The molecule has 1 atom stereocenters. The monoisotopic (exact) mass is 468 g/mol. The highest BCUT2D eigenvalue weighted by Gasteiger charge is 2.24. The van der Waals surface area contributed by atoms with E-state index in [1.807, 2.05) is 24.3 Å². The average Bonchev–Trinajstić information content (AvgIpc) is 2.68. The first-order valence-electron chi connectivity index (χ1n) is 8.73. The normalized spacial score (nSPS) is 15.9. The molecule has 0 aliphatic carbocycles. The third kappa shape index (κ3) is 5.24. The van der Waals surface area contributed by atoms with Crippen LogP contribution < -0.4 is 14.2 Å². The molecule has 1 amide bonds. The van der Waals surface area contributed by atoms with Crippen LogP contribution in [-0.2, 0) is 14.8 Å². The molecule has 0 aromatic heterocycles. The summed E-state index contributed by atoms with van der Waals surface area (Å²) in [5.41, 5.74) is 0. The van der Waals surface area contributed by atoms with Crippen molar-refractivity contribution in [1.82, 2.24) is 9.62 Å². The van der Waals surface area contributed by atoms with Crippen LogP contribution in [0.5, 0.6) is 11.5 Å². The van der Waals surface area contributed by atoms with Crippen molar-refractivity contribution in [3.05, 3.63) is 53.0 Å². The van der Waals surface area contributed by atoms with Crippen LogP contribution in [0.2, 0.25) is 0 Å². The second-order valence-electron chi connectivity index (χ2n) is 6.37. The second kappa shape index (κ2) is 8.93. The molecule has 150 valence electrons. The van der Waals surface area contributed by atoms with Crippen LogP contribution in [-0.4, -0.2) is 52.1 Å². The molecule has 0 spiro atoms. The van der Waals surface area contributed by atoms with Gasteiger partial charge in [0, 0.05) is 24.5 Å². The zero-order valence-electron chi connectivity index (χ0n) is 15.3. The highest BCUT2D eigenvalue weighted by Crippen LogP contribution is 2.30. The summed E-state index contributed by atoms with van der Waals surface area (Å²) in [5.74, 6) is 1.16. The molecule has 1 aliphatic rings. The number of sulfonamides is 1. The summed E-state index contributed by atoms with van der Waals surface area (Å²) in [6, 6.07) is 13.7. The molecule has 28 heavy (non-hydrogen) atoms. The Labute approximate surface area is 172 Å². The quantitative estimate of drug-likeness (QED) is 0.674. The molecule has 0 bridgehead atoms. The zero-order valence-corrected chi connectivity index (χ0v) is 17.7. The number of halogens is 1. The molecule has 1 unspecified atom stereocenters. The van der Waals surface area contributed by atoms with Gasteiger partial charge in [0.25, 0.3) is 0 Å². The molecule has 2 aromatic rings. The van der Waals surface area contributed by atoms with E-state index >= 15 is 0 Å². The Morgan fingerprint density at radius 1 is 1.18 bits per heavy atom. The Kier molecular flexibility index (Phi) is 6.58. The molecule has 0 saturated carbocycles. The maximum Gasteiger partial charge on any atom is 0.240 e. The number of carbonyl (C=O) groups is 1. The number of hydrogen-bond donors (Lipinski definition) is 1. The van der Waals surface area contributed by atoms with Gasteiger partial charge in [-0.15, -0.1) is 0 Å². The third-order valence-electron chi connectivity index (χ3n) is 4.23. The largest absolute Gasteiger partial charge is 0.486 e. The standard InChI is InChI=1S/C19H21BrN2O5S/c1-22(12-15-13-26-17-4-2-3-5-18(17)27-15)19(23)10-11-21-28(24,25)16-8-6-14(20)7-9-16/h2-9,15,21H,10-13H2,1H3. The minimum absolute atomic E-state index is 0.0203. The number of amides is 1. The van der Waals surface area contributed by atoms with Crippen LogP contribution in [0.1, 0.15) is 6.42 Å². The first-order valence-corrected chi connectivity index (χ1v) is 11.0. The van der Waals surface area contributed by atoms with Crippen molar-refractivity contribution >= 4 is 31.9 Å². The van der Waals surface area contributed by atoms with Crippen molar-refractivity contribution < 1.29 is 22.7 Å². The minimum Gasteiger partial charge on any atom is -0.486 e. The molecule has 0 fully saturated rings. The van der Waals surface area contributed by atoms with Crippen LogP contribution in [0.25, 0.3) is 0 Å². The summed E-state index contributed by atoms with van der Waals surface area (Å²) < 4.78 is 39.2. The summed E-state index contributed by atoms with van der Waals surface area (Å²) in [5, 5.41) is 0. The lowest BCUT2D eigenvalue weighted by atomic mass is 10.2. The van der Waals surface area contributed by atoms with Crippen molar-refractivity contribution in [2.24, 2.45) is 0 Å². The summed E-state index contributed by atoms with van der Waals surface area (Å²) >= 11 is 3.26. The number of nitrogens with zero attached hydrogens (tertiary/aromatic N) is 1. The van der Waals surface area contributed by atoms with Gasteiger partial charge in [-0.25, -0.2) is 13.1 Å². The first-order chi connectivity index (χ1) is 13.3. The molecule has 3 rings (SSSR count). The Balaban J connectivity index is 1.46. The summed E-state index contributed by atoms with van der Waals surface area (Å²) in [6.07, 6.45) is -0.223. The number of likely N-dealkylation sites (N-methyl/N-ethyl adjacent to an activating group) is 1. The maximum absolute atomic E-state index is 12.3. The Bertz CT molecular complexity index is 934. The van der Waals surface area contributed by atoms with E-state index in [2.05, 4.69) is 20.7 Å². The number of rotatable bonds is 7. The van der Waals surface area contributed by atoms with E-state index in [1.165, 1.54) is 17.0 Å². The van der Waals surface area contributed by atoms with E-state index in [0.29, 0.717) is 24.7 Å². The first kappa shape index (κ1) is 20.6. The molecule has 9 heteroatoms. The van der Waals surface area contributed by atoms with Gasteiger partial charge in [0.1, 0.15) is 6.61 Å². The van der Waals surface area contributed by atoms with Gasteiger partial charge < -0.3 is 14.4 Å². The minimum atomic E-state index is -3.65. The molecule has 2 aromatic carbocycles. The Hall–Kier alpha value is -2.10. The molecular weight excluding hydrogens is 448 g/mol. The fourth-order valence-corrected chi connectivity index (χ4v) is 4.04. The molecule has 7 nitrogen and oxygen atoms in total. The number of ether oxygens (including phenoxy) is 2. The average molecular weight is 469 g/mol. The van der Waals surface area contributed by atoms with Crippen LogP contribution in [0.3, 0.4) is 0 Å². The summed E-state index contributed by atoms with van der Waals surface area (Å²) in [4.78, 5) is 14.0. The van der Waals surface area contributed by atoms with Gasteiger partial charge in [0.15, 0.2) is 17.6 Å². The lowest BCUT2D eigenvalue weighted by molar-refractivity contribution is -0.131. The number of benzene rings is 2. The Morgan fingerprint density at radius 2 is 1.86 bits per heavy atom. The van der Waals surface area contributed by atoms with Crippen LogP contribution in [0.15, 0.2) is 57.9 Å². The van der Waals surface area contributed by atoms with Gasteiger partial charge in [0.2, 0.25) is 15.9 Å². The maximum atomic E-state index is 12.3. The van der Waals surface area contributed by atoms with Crippen LogP contribution >= 0.6 is 15.9 Å². The number of hydrogen-bond acceptors (Lipinski definition) is 5. The highest BCUT2D eigenvalue weighted by atomic mass is 79.9. The second-order valence-corrected chi connectivity index (χ2v) is 9.06. The lowest BCUT2D eigenvalue weighted by Gasteiger charge is -2.29. The number of nitrogens with one attached hydrogen (secondary N) is 1. The summed E-state index contributed by atoms with van der Waals surface area (Å²) in [6.45, 7) is 0.726. The van der Waals surface area contributed by atoms with Gasteiger partial charge >= 0.3 is 0 Å².